The third-order valence-corrected chi connectivity index (χ3v) is 3.38. The first-order valence-corrected chi connectivity index (χ1v) is 6.49. The number of hydrogen-bond acceptors (Lipinski definition) is 2. The second-order valence-corrected chi connectivity index (χ2v) is 4.76. The maximum atomic E-state index is 6.08. The number of pyridine rings is 1. The van der Waals surface area contributed by atoms with Crippen molar-refractivity contribution in [1.82, 2.24) is 4.98 Å². The molecular formula is C16H13ClN2. The van der Waals surface area contributed by atoms with Gasteiger partial charge >= 0.3 is 0 Å². The lowest BCUT2D eigenvalue weighted by atomic mass is 9.99. The average Bonchev–Trinajstić information content (AvgIpc) is 2.46. The number of aromatic nitrogens is 1. The van der Waals surface area contributed by atoms with Crippen LogP contribution in [0.15, 0.2) is 54.7 Å². The van der Waals surface area contributed by atoms with E-state index in [9.17, 15) is 0 Å². The van der Waals surface area contributed by atoms with Crippen molar-refractivity contribution in [1.29, 1.82) is 0 Å². The smallest absolute Gasteiger partial charge is 0.133 e. The summed E-state index contributed by atoms with van der Waals surface area (Å²) in [5.74, 6) is 0.834. The minimum Gasteiger partial charge on any atom is -0.373 e. The van der Waals surface area contributed by atoms with Crippen LogP contribution in [0.3, 0.4) is 0 Å². The minimum atomic E-state index is 0.641. The molecular weight excluding hydrogens is 256 g/mol. The van der Waals surface area contributed by atoms with Gasteiger partial charge in [0.1, 0.15) is 5.82 Å². The second-order valence-electron chi connectivity index (χ2n) is 4.33. The van der Waals surface area contributed by atoms with E-state index in [4.69, 9.17) is 11.6 Å². The lowest BCUT2D eigenvalue weighted by Gasteiger charge is -2.11. The predicted octanol–water partition coefficient (Wildman–Crippen LogP) is 4.60. The monoisotopic (exact) mass is 268 g/mol. The van der Waals surface area contributed by atoms with Crippen LogP contribution in [0.4, 0.5) is 5.82 Å². The van der Waals surface area contributed by atoms with E-state index >= 15 is 0 Å². The van der Waals surface area contributed by atoms with Crippen molar-refractivity contribution in [3.63, 3.8) is 0 Å². The van der Waals surface area contributed by atoms with Gasteiger partial charge in [0.05, 0.1) is 5.02 Å². The highest BCUT2D eigenvalue weighted by Crippen LogP contribution is 2.33. The topological polar surface area (TPSA) is 24.9 Å². The zero-order valence-electron chi connectivity index (χ0n) is 10.5. The van der Waals surface area contributed by atoms with Crippen molar-refractivity contribution in [2.24, 2.45) is 0 Å². The molecule has 1 heterocycles. The fourth-order valence-corrected chi connectivity index (χ4v) is 2.46. The zero-order chi connectivity index (χ0) is 13.2. The summed E-state index contributed by atoms with van der Waals surface area (Å²) < 4.78 is 0. The van der Waals surface area contributed by atoms with E-state index in [1.54, 1.807) is 6.20 Å². The summed E-state index contributed by atoms with van der Waals surface area (Å²) in [5.41, 5.74) is 2.16. The molecule has 0 unspecified atom stereocenters. The van der Waals surface area contributed by atoms with Gasteiger partial charge in [0.2, 0.25) is 0 Å². The molecule has 1 N–H and O–H groups in total. The molecule has 2 nitrogen and oxygen atoms in total. The van der Waals surface area contributed by atoms with Gasteiger partial charge in [-0.15, -0.1) is 0 Å². The number of fused-ring (bicyclic) bond motifs is 1. The Morgan fingerprint density at radius 3 is 2.63 bits per heavy atom. The maximum Gasteiger partial charge on any atom is 0.133 e. The van der Waals surface area contributed by atoms with Crippen LogP contribution in [0.25, 0.3) is 21.9 Å². The number of benzene rings is 2. The molecule has 0 fully saturated rings. The van der Waals surface area contributed by atoms with Gasteiger partial charge in [0.25, 0.3) is 0 Å². The van der Waals surface area contributed by atoms with Crippen molar-refractivity contribution in [2.45, 2.75) is 0 Å². The second kappa shape index (κ2) is 4.90. The van der Waals surface area contributed by atoms with E-state index in [1.165, 1.54) is 10.8 Å². The van der Waals surface area contributed by atoms with Gasteiger partial charge in [-0.25, -0.2) is 4.98 Å². The Hall–Kier alpha value is -2.06. The van der Waals surface area contributed by atoms with Gasteiger partial charge in [0.15, 0.2) is 0 Å². The summed E-state index contributed by atoms with van der Waals surface area (Å²) in [5, 5.41) is 6.17. The molecule has 3 rings (SSSR count). The number of hydrogen-bond donors (Lipinski definition) is 1. The molecule has 0 radical (unpaired) electrons. The summed E-state index contributed by atoms with van der Waals surface area (Å²) in [7, 11) is 1.87. The molecule has 94 valence electrons. The first kappa shape index (κ1) is 12.0. The van der Waals surface area contributed by atoms with E-state index in [2.05, 4.69) is 40.6 Å². The van der Waals surface area contributed by atoms with Crippen LogP contribution in [-0.4, -0.2) is 12.0 Å². The van der Waals surface area contributed by atoms with E-state index < -0.39 is 0 Å². The molecule has 0 bridgehead atoms. The SMILES string of the molecule is CNc1ncc(Cl)cc1-c1cccc2ccccc12. The van der Waals surface area contributed by atoms with Crippen molar-refractivity contribution in [3.8, 4) is 11.1 Å². The molecule has 1 aromatic heterocycles. The molecule has 0 amide bonds. The third-order valence-electron chi connectivity index (χ3n) is 3.17. The first-order valence-electron chi connectivity index (χ1n) is 6.11. The molecule has 19 heavy (non-hydrogen) atoms. The Morgan fingerprint density at radius 2 is 1.79 bits per heavy atom. The van der Waals surface area contributed by atoms with Crippen molar-refractivity contribution in [3.05, 3.63) is 59.8 Å². The van der Waals surface area contributed by atoms with Crippen LogP contribution in [0.1, 0.15) is 0 Å². The standard InChI is InChI=1S/C16H13ClN2/c1-18-16-15(9-12(17)10-19-16)14-8-4-6-11-5-2-3-7-13(11)14/h2-10H,1H3,(H,18,19). The van der Waals surface area contributed by atoms with Gasteiger partial charge in [0, 0.05) is 18.8 Å². The van der Waals surface area contributed by atoms with E-state index in [1.807, 2.05) is 25.2 Å². The normalized spacial score (nSPS) is 10.6. The molecule has 0 saturated carbocycles. The van der Waals surface area contributed by atoms with Crippen molar-refractivity contribution >= 4 is 28.2 Å². The zero-order valence-corrected chi connectivity index (χ0v) is 11.3. The van der Waals surface area contributed by atoms with E-state index in [0.717, 1.165) is 16.9 Å². The minimum absolute atomic E-state index is 0.641. The highest BCUT2D eigenvalue weighted by atomic mass is 35.5. The Balaban J connectivity index is 2.33. The molecule has 0 atom stereocenters. The maximum absolute atomic E-state index is 6.08. The van der Waals surface area contributed by atoms with Gasteiger partial charge in [-0.2, -0.15) is 0 Å². The predicted molar refractivity (Wildman–Crippen MR) is 81.7 cm³/mol. The molecule has 0 aliphatic carbocycles. The number of anilines is 1. The third kappa shape index (κ3) is 2.15. The molecule has 0 saturated heterocycles. The quantitative estimate of drug-likeness (QED) is 0.735. The Morgan fingerprint density at radius 1 is 1.00 bits per heavy atom. The average molecular weight is 269 g/mol. The summed E-state index contributed by atoms with van der Waals surface area (Å²) >= 11 is 6.08. The number of rotatable bonds is 2. The fraction of sp³-hybridized carbons (Fsp3) is 0.0625. The van der Waals surface area contributed by atoms with E-state index in [-0.39, 0.29) is 0 Å². The van der Waals surface area contributed by atoms with E-state index in [0.29, 0.717) is 5.02 Å². The number of nitrogens with zero attached hydrogens (tertiary/aromatic N) is 1. The lowest BCUT2D eigenvalue weighted by molar-refractivity contribution is 1.29. The van der Waals surface area contributed by atoms with Crippen LogP contribution in [-0.2, 0) is 0 Å². The van der Waals surface area contributed by atoms with Crippen LogP contribution >= 0.6 is 11.6 Å². The molecule has 0 spiro atoms. The first-order chi connectivity index (χ1) is 9.29. The Labute approximate surface area is 117 Å². The Kier molecular flexibility index (Phi) is 3.10. The highest BCUT2D eigenvalue weighted by molar-refractivity contribution is 6.31. The van der Waals surface area contributed by atoms with Crippen LogP contribution in [0.2, 0.25) is 5.02 Å². The van der Waals surface area contributed by atoms with Gasteiger partial charge in [-0.05, 0) is 22.4 Å². The van der Waals surface area contributed by atoms with Crippen molar-refractivity contribution in [2.75, 3.05) is 12.4 Å². The largest absolute Gasteiger partial charge is 0.373 e. The molecule has 3 heteroatoms. The van der Waals surface area contributed by atoms with Crippen LogP contribution in [0.5, 0.6) is 0 Å². The summed E-state index contributed by atoms with van der Waals surface area (Å²) in [6.45, 7) is 0. The van der Waals surface area contributed by atoms with Gasteiger partial charge < -0.3 is 5.32 Å². The van der Waals surface area contributed by atoms with Gasteiger partial charge in [-0.3, -0.25) is 0 Å². The molecule has 0 aliphatic heterocycles. The Bertz CT molecular complexity index is 732. The molecule has 2 aromatic carbocycles. The summed E-state index contributed by atoms with van der Waals surface area (Å²) in [6.07, 6.45) is 1.65. The summed E-state index contributed by atoms with van der Waals surface area (Å²) in [4.78, 5) is 4.34. The fourth-order valence-electron chi connectivity index (χ4n) is 2.30. The van der Waals surface area contributed by atoms with Crippen LogP contribution in [0, 0.1) is 0 Å². The molecule has 3 aromatic rings. The van der Waals surface area contributed by atoms with Gasteiger partial charge in [-0.1, -0.05) is 54.1 Å². The lowest BCUT2D eigenvalue weighted by Crippen LogP contribution is -1.95. The molecule has 0 aliphatic rings. The number of nitrogens with one attached hydrogen (secondary N) is 1. The number of halogens is 1. The summed E-state index contributed by atoms with van der Waals surface area (Å²) in [6, 6.07) is 16.5. The van der Waals surface area contributed by atoms with Crippen LogP contribution < -0.4 is 5.32 Å². The highest BCUT2D eigenvalue weighted by Gasteiger charge is 2.09. The van der Waals surface area contributed by atoms with Crippen molar-refractivity contribution < 1.29 is 0 Å².